The van der Waals surface area contributed by atoms with Crippen LogP contribution >= 0.6 is 0 Å². The maximum Gasteiger partial charge on any atom is 0.223 e. The largest absolute Gasteiger partial charge is 0.439 e. The Morgan fingerprint density at radius 2 is 1.86 bits per heavy atom. The minimum atomic E-state index is -0.365. The van der Waals surface area contributed by atoms with E-state index < -0.39 is 0 Å². The summed E-state index contributed by atoms with van der Waals surface area (Å²) in [5.41, 5.74) is 2.03. The Kier molecular flexibility index (Phi) is 4.58. The highest BCUT2D eigenvalue weighted by atomic mass is 19.1. The normalized spacial score (nSPS) is 11.5. The second-order valence-corrected chi connectivity index (χ2v) is 6.02. The Labute approximate surface area is 125 Å². The minimum Gasteiger partial charge on any atom is -0.439 e. The van der Waals surface area contributed by atoms with E-state index in [0.717, 1.165) is 6.20 Å². The molecule has 0 unspecified atom stereocenters. The number of nitrogens with one attached hydrogen (secondary N) is 1. The molecule has 0 saturated heterocycles. The zero-order valence-corrected chi connectivity index (χ0v) is 12.9. The Morgan fingerprint density at radius 3 is 2.43 bits per heavy atom. The summed E-state index contributed by atoms with van der Waals surface area (Å²) in [6.45, 7) is 6.99. The van der Waals surface area contributed by atoms with Crippen molar-refractivity contribution in [3.63, 3.8) is 0 Å². The second kappa shape index (κ2) is 6.22. The van der Waals surface area contributed by atoms with Crippen LogP contribution in [0.25, 0.3) is 0 Å². The van der Waals surface area contributed by atoms with E-state index in [1.54, 1.807) is 7.05 Å². The summed E-state index contributed by atoms with van der Waals surface area (Å²) >= 11 is 0. The van der Waals surface area contributed by atoms with Crippen LogP contribution in [0.3, 0.4) is 0 Å². The smallest absolute Gasteiger partial charge is 0.223 e. The highest BCUT2D eigenvalue weighted by Crippen LogP contribution is 2.27. The molecule has 21 heavy (non-hydrogen) atoms. The SMILES string of the molecule is CNCc1cc(F)cnc1Oc1ccc(C(C)(C)C)cc1. The molecule has 0 atom stereocenters. The van der Waals surface area contributed by atoms with Crippen molar-refractivity contribution in [1.82, 2.24) is 10.3 Å². The van der Waals surface area contributed by atoms with E-state index in [9.17, 15) is 4.39 Å². The zero-order valence-electron chi connectivity index (χ0n) is 12.9. The highest BCUT2D eigenvalue weighted by Gasteiger charge is 2.14. The Bertz CT molecular complexity index is 603. The molecule has 0 spiro atoms. The fourth-order valence-electron chi connectivity index (χ4n) is 2.01. The lowest BCUT2D eigenvalue weighted by atomic mass is 9.87. The van der Waals surface area contributed by atoms with Gasteiger partial charge in [-0.15, -0.1) is 0 Å². The highest BCUT2D eigenvalue weighted by molar-refractivity contribution is 5.35. The van der Waals surface area contributed by atoms with E-state index in [4.69, 9.17) is 4.74 Å². The van der Waals surface area contributed by atoms with E-state index in [2.05, 4.69) is 31.1 Å². The van der Waals surface area contributed by atoms with Crippen LogP contribution in [0.5, 0.6) is 11.6 Å². The van der Waals surface area contributed by atoms with Gasteiger partial charge in [-0.05, 0) is 36.2 Å². The van der Waals surface area contributed by atoms with Crippen molar-refractivity contribution in [1.29, 1.82) is 0 Å². The minimum absolute atomic E-state index is 0.101. The molecule has 0 fully saturated rings. The predicted molar refractivity (Wildman–Crippen MR) is 82.2 cm³/mol. The van der Waals surface area contributed by atoms with E-state index >= 15 is 0 Å². The van der Waals surface area contributed by atoms with Crippen LogP contribution < -0.4 is 10.1 Å². The molecule has 0 aliphatic heterocycles. The molecule has 1 aromatic carbocycles. The molecule has 2 aromatic rings. The number of nitrogens with zero attached hydrogens (tertiary/aromatic N) is 1. The Balaban J connectivity index is 2.22. The Morgan fingerprint density at radius 1 is 1.19 bits per heavy atom. The van der Waals surface area contributed by atoms with Gasteiger partial charge in [0.15, 0.2) is 0 Å². The van der Waals surface area contributed by atoms with Gasteiger partial charge in [0.25, 0.3) is 0 Å². The monoisotopic (exact) mass is 288 g/mol. The van der Waals surface area contributed by atoms with E-state index in [0.29, 0.717) is 23.7 Å². The molecule has 0 bridgehead atoms. The number of hydrogen-bond acceptors (Lipinski definition) is 3. The predicted octanol–water partition coefficient (Wildman–Crippen LogP) is 4.03. The van der Waals surface area contributed by atoms with Crippen molar-refractivity contribution < 1.29 is 9.13 Å². The first-order valence-corrected chi connectivity index (χ1v) is 6.97. The van der Waals surface area contributed by atoms with Crippen LogP contribution in [0.2, 0.25) is 0 Å². The summed E-state index contributed by atoms with van der Waals surface area (Å²) in [6, 6.07) is 9.33. The van der Waals surface area contributed by atoms with Crippen LogP contribution in [0.4, 0.5) is 4.39 Å². The van der Waals surface area contributed by atoms with E-state index in [1.807, 2.05) is 24.3 Å². The molecule has 0 amide bonds. The van der Waals surface area contributed by atoms with Crippen molar-refractivity contribution in [2.24, 2.45) is 0 Å². The third-order valence-corrected chi connectivity index (χ3v) is 3.19. The number of aromatic nitrogens is 1. The molecule has 0 aliphatic carbocycles. The lowest BCUT2D eigenvalue weighted by Crippen LogP contribution is -2.10. The molecule has 2 rings (SSSR count). The molecule has 3 nitrogen and oxygen atoms in total. The van der Waals surface area contributed by atoms with Crippen molar-refractivity contribution in [2.45, 2.75) is 32.7 Å². The van der Waals surface area contributed by atoms with Crippen LogP contribution in [-0.4, -0.2) is 12.0 Å². The summed E-state index contributed by atoms with van der Waals surface area (Å²) in [4.78, 5) is 4.03. The molecular formula is C17H21FN2O. The molecule has 1 N–H and O–H groups in total. The molecule has 112 valence electrons. The second-order valence-electron chi connectivity index (χ2n) is 6.02. The Hall–Kier alpha value is -1.94. The van der Waals surface area contributed by atoms with E-state index in [1.165, 1.54) is 11.6 Å². The van der Waals surface area contributed by atoms with Gasteiger partial charge in [0.2, 0.25) is 5.88 Å². The number of rotatable bonds is 4. The third-order valence-electron chi connectivity index (χ3n) is 3.19. The van der Waals surface area contributed by atoms with Crippen LogP contribution in [0.15, 0.2) is 36.5 Å². The average molecular weight is 288 g/mol. The maximum atomic E-state index is 13.2. The topological polar surface area (TPSA) is 34.2 Å². The standard InChI is InChI=1S/C17H21FN2O/c1-17(2,3)13-5-7-15(8-6-13)21-16-12(10-19-4)9-14(18)11-20-16/h5-9,11,19H,10H2,1-4H3. The third kappa shape index (κ3) is 4.02. The van der Waals surface area contributed by atoms with Gasteiger partial charge < -0.3 is 10.1 Å². The maximum absolute atomic E-state index is 13.2. The molecular weight excluding hydrogens is 267 g/mol. The number of benzene rings is 1. The van der Waals surface area contributed by atoms with Gasteiger partial charge in [0, 0.05) is 12.1 Å². The van der Waals surface area contributed by atoms with Crippen molar-refractivity contribution in [3.05, 3.63) is 53.5 Å². The summed E-state index contributed by atoms with van der Waals surface area (Å²) in [6.07, 6.45) is 1.16. The quantitative estimate of drug-likeness (QED) is 0.922. The van der Waals surface area contributed by atoms with Gasteiger partial charge in [0.1, 0.15) is 11.6 Å². The van der Waals surface area contributed by atoms with Gasteiger partial charge >= 0.3 is 0 Å². The lowest BCUT2D eigenvalue weighted by molar-refractivity contribution is 0.449. The fraction of sp³-hybridized carbons (Fsp3) is 0.353. The number of hydrogen-bond donors (Lipinski definition) is 1. The molecule has 0 saturated carbocycles. The van der Waals surface area contributed by atoms with Gasteiger partial charge in [0.05, 0.1) is 6.20 Å². The summed E-state index contributed by atoms with van der Waals surface area (Å²) in [7, 11) is 1.80. The van der Waals surface area contributed by atoms with Crippen molar-refractivity contribution >= 4 is 0 Å². The first-order chi connectivity index (χ1) is 9.90. The van der Waals surface area contributed by atoms with Crippen molar-refractivity contribution in [2.75, 3.05) is 7.05 Å². The summed E-state index contributed by atoms with van der Waals surface area (Å²) in [5, 5.41) is 2.98. The van der Waals surface area contributed by atoms with Gasteiger partial charge in [-0.2, -0.15) is 0 Å². The molecule has 0 radical (unpaired) electrons. The van der Waals surface area contributed by atoms with E-state index in [-0.39, 0.29) is 11.2 Å². The zero-order chi connectivity index (χ0) is 15.5. The van der Waals surface area contributed by atoms with Gasteiger partial charge in [-0.25, -0.2) is 9.37 Å². The summed E-state index contributed by atoms with van der Waals surface area (Å²) < 4.78 is 19.0. The first kappa shape index (κ1) is 15.4. The van der Waals surface area contributed by atoms with Crippen molar-refractivity contribution in [3.8, 4) is 11.6 Å². The number of pyridine rings is 1. The number of ether oxygens (including phenoxy) is 1. The fourth-order valence-corrected chi connectivity index (χ4v) is 2.01. The first-order valence-electron chi connectivity index (χ1n) is 6.97. The molecule has 4 heteroatoms. The van der Waals surface area contributed by atoms with Crippen LogP contribution in [-0.2, 0) is 12.0 Å². The van der Waals surface area contributed by atoms with Gasteiger partial charge in [-0.1, -0.05) is 32.9 Å². The van der Waals surface area contributed by atoms with Crippen LogP contribution in [0.1, 0.15) is 31.9 Å². The molecule has 1 aromatic heterocycles. The molecule has 0 aliphatic rings. The summed E-state index contributed by atoms with van der Waals surface area (Å²) in [5.74, 6) is 0.754. The number of halogens is 1. The van der Waals surface area contributed by atoms with Gasteiger partial charge in [-0.3, -0.25) is 0 Å². The molecule has 1 heterocycles. The lowest BCUT2D eigenvalue weighted by Gasteiger charge is -2.19. The average Bonchev–Trinajstić information content (AvgIpc) is 2.42. The van der Waals surface area contributed by atoms with Crippen LogP contribution in [0, 0.1) is 5.82 Å².